The van der Waals surface area contributed by atoms with Gasteiger partial charge in [-0.15, -0.1) is 0 Å². The maximum atomic E-state index is 11.2. The maximum absolute atomic E-state index is 11.2. The first-order valence-electron chi connectivity index (χ1n) is 18.7. The quantitative estimate of drug-likeness (QED) is 0.185. The van der Waals surface area contributed by atoms with Crippen molar-refractivity contribution < 1.29 is 0 Å². The molecule has 0 saturated heterocycles. The van der Waals surface area contributed by atoms with Crippen LogP contribution in [0.25, 0.3) is 88.4 Å². The van der Waals surface area contributed by atoms with Crippen molar-refractivity contribution in [1.82, 2.24) is 13.7 Å². The maximum Gasteiger partial charge on any atom is 0.101 e. The summed E-state index contributed by atoms with van der Waals surface area (Å²) in [6, 6.07) is 50.3. The number of rotatable bonds is 3. The Morgan fingerprint density at radius 2 is 1.31 bits per heavy atom. The molecule has 5 heteroatoms. The van der Waals surface area contributed by atoms with Crippen LogP contribution >= 0.6 is 0 Å². The van der Waals surface area contributed by atoms with Gasteiger partial charge in [0, 0.05) is 55.6 Å². The normalized spacial score (nSPS) is 17.1. The Morgan fingerprint density at radius 3 is 2.11 bits per heavy atom. The number of allylic oxidation sites excluding steroid dienone is 5. The van der Waals surface area contributed by atoms with Crippen molar-refractivity contribution in [1.29, 1.82) is 10.5 Å². The molecule has 0 radical (unpaired) electrons. The Bertz CT molecular complexity index is 3260. The molecule has 0 amide bonds. The molecule has 3 aromatic heterocycles. The first-order valence-corrected chi connectivity index (χ1v) is 18.7. The third-order valence-corrected chi connectivity index (χ3v) is 11.9. The van der Waals surface area contributed by atoms with Crippen molar-refractivity contribution in [2.75, 3.05) is 0 Å². The van der Waals surface area contributed by atoms with Gasteiger partial charge in [0.2, 0.25) is 0 Å². The molecule has 11 rings (SSSR count). The van der Waals surface area contributed by atoms with Crippen molar-refractivity contribution in [3.63, 3.8) is 0 Å². The third-order valence-electron chi connectivity index (χ3n) is 11.9. The number of hydrogen-bond donors (Lipinski definition) is 0. The Kier molecular flexibility index (Phi) is 6.48. The fourth-order valence-corrected chi connectivity index (χ4v) is 9.59. The molecule has 2 atom stereocenters. The summed E-state index contributed by atoms with van der Waals surface area (Å²) in [5.41, 5.74) is 11.2. The first kappa shape index (κ1) is 30.5. The number of nitrogens with zero attached hydrogens (tertiary/aromatic N) is 5. The van der Waals surface area contributed by atoms with Crippen LogP contribution in [-0.4, -0.2) is 13.7 Å². The van der Waals surface area contributed by atoms with E-state index in [0.29, 0.717) is 5.57 Å². The summed E-state index contributed by atoms with van der Waals surface area (Å²) in [6.45, 7) is 2.11. The predicted molar refractivity (Wildman–Crippen MR) is 222 cm³/mol. The smallest absolute Gasteiger partial charge is 0.101 e. The highest BCUT2D eigenvalue weighted by atomic mass is 15.0. The van der Waals surface area contributed by atoms with Gasteiger partial charge in [-0.1, -0.05) is 97.9 Å². The van der Waals surface area contributed by atoms with Gasteiger partial charge in [-0.2, -0.15) is 10.5 Å². The summed E-state index contributed by atoms with van der Waals surface area (Å²) in [5.74, 6) is -0.818. The fourth-order valence-electron chi connectivity index (χ4n) is 9.59. The highest BCUT2D eigenvalue weighted by Gasteiger charge is 2.36. The van der Waals surface area contributed by atoms with Crippen molar-refractivity contribution in [3.05, 3.63) is 156 Å². The minimum atomic E-state index is -0.527. The van der Waals surface area contributed by atoms with Crippen molar-refractivity contribution in [2.45, 2.75) is 19.8 Å². The lowest BCUT2D eigenvalue weighted by Crippen LogP contribution is -2.24. The molecule has 254 valence electrons. The lowest BCUT2D eigenvalue weighted by Gasteiger charge is -2.31. The molecule has 0 fully saturated rings. The zero-order valence-electron chi connectivity index (χ0n) is 29.7. The highest BCUT2D eigenvalue weighted by Crippen LogP contribution is 2.47. The van der Waals surface area contributed by atoms with E-state index < -0.39 is 5.92 Å². The second kappa shape index (κ2) is 11.5. The van der Waals surface area contributed by atoms with Gasteiger partial charge >= 0.3 is 0 Å². The van der Waals surface area contributed by atoms with Gasteiger partial charge in [-0.05, 0) is 83.8 Å². The Labute approximate surface area is 311 Å². The highest BCUT2D eigenvalue weighted by molar-refractivity contribution is 6.22. The monoisotopic (exact) mass is 691 g/mol. The molecule has 2 aliphatic carbocycles. The topological polar surface area (TPSA) is 62.4 Å². The van der Waals surface area contributed by atoms with Gasteiger partial charge in [-0.25, -0.2) is 0 Å². The number of para-hydroxylation sites is 3. The van der Waals surface area contributed by atoms with E-state index in [0.717, 1.165) is 79.1 Å². The Hall–Kier alpha value is -7.08. The zero-order chi connectivity index (χ0) is 36.1. The molecule has 0 saturated carbocycles. The number of fused-ring (bicyclic) bond motifs is 11. The molecule has 0 N–H and O–H groups in total. The number of aromatic nitrogens is 3. The van der Waals surface area contributed by atoms with Crippen LogP contribution in [0.15, 0.2) is 145 Å². The molecule has 0 aliphatic heterocycles. The summed E-state index contributed by atoms with van der Waals surface area (Å²) in [7, 11) is 0. The molecule has 0 bridgehead atoms. The van der Waals surface area contributed by atoms with Crippen LogP contribution in [0.5, 0.6) is 0 Å². The number of nitriles is 2. The van der Waals surface area contributed by atoms with E-state index in [1.54, 1.807) is 0 Å². The van der Waals surface area contributed by atoms with E-state index in [2.05, 4.69) is 172 Å². The van der Waals surface area contributed by atoms with Gasteiger partial charge in [-0.3, -0.25) is 0 Å². The van der Waals surface area contributed by atoms with Crippen LogP contribution < -0.4 is 0 Å². The Morgan fingerprint density at radius 1 is 0.611 bits per heavy atom. The average molecular weight is 692 g/mol. The minimum absolute atomic E-state index is 0.291. The largest absolute Gasteiger partial charge is 0.311 e. The van der Waals surface area contributed by atoms with Gasteiger partial charge < -0.3 is 13.7 Å². The van der Waals surface area contributed by atoms with Crippen molar-refractivity contribution in [3.8, 4) is 17.8 Å². The molecule has 2 aliphatic rings. The lowest BCUT2D eigenvalue weighted by atomic mass is 9.82. The van der Waals surface area contributed by atoms with Crippen LogP contribution in [-0.2, 0) is 6.42 Å². The second-order valence-electron chi connectivity index (χ2n) is 14.6. The summed E-state index contributed by atoms with van der Waals surface area (Å²) < 4.78 is 6.89. The van der Waals surface area contributed by atoms with Crippen LogP contribution in [0.2, 0.25) is 0 Å². The molecular weight excluding hydrogens is 659 g/mol. The first-order chi connectivity index (χ1) is 26.7. The van der Waals surface area contributed by atoms with Gasteiger partial charge in [0.25, 0.3) is 0 Å². The van der Waals surface area contributed by atoms with Gasteiger partial charge in [0.15, 0.2) is 0 Å². The van der Waals surface area contributed by atoms with E-state index in [1.807, 2.05) is 6.08 Å². The van der Waals surface area contributed by atoms with Gasteiger partial charge in [0.1, 0.15) is 6.07 Å². The molecule has 3 heterocycles. The second-order valence-corrected chi connectivity index (χ2v) is 14.6. The number of benzene rings is 6. The molecule has 9 aromatic rings. The molecular formula is C49H33N5. The molecule has 6 aromatic carbocycles. The van der Waals surface area contributed by atoms with E-state index in [1.165, 1.54) is 27.4 Å². The predicted octanol–water partition coefficient (Wildman–Crippen LogP) is 12.0. The molecule has 54 heavy (non-hydrogen) atoms. The molecule has 0 spiro atoms. The molecule has 5 nitrogen and oxygen atoms in total. The van der Waals surface area contributed by atoms with Crippen LogP contribution in [0.3, 0.4) is 0 Å². The SMILES string of the molecule is C[C@H]1C(n2c3ccccc3c3c4ccccc4ccc32)=C(C#N)C=C(n2c3ccccc3c3cc4c5c(n(-c6ccccc6)c4cc32)C=CCC5)C1C#N. The molecule has 1 unspecified atom stereocenters. The van der Waals surface area contributed by atoms with Crippen molar-refractivity contribution >= 4 is 82.8 Å². The van der Waals surface area contributed by atoms with Gasteiger partial charge in [0.05, 0.1) is 45.1 Å². The summed E-state index contributed by atoms with van der Waals surface area (Å²) in [5, 5.41) is 30.4. The number of aryl methyl sites for hydroxylation is 1. The summed E-state index contributed by atoms with van der Waals surface area (Å²) in [4.78, 5) is 0. The minimum Gasteiger partial charge on any atom is -0.311 e. The number of hydrogen-bond acceptors (Lipinski definition) is 2. The van der Waals surface area contributed by atoms with Crippen LogP contribution in [0.1, 0.15) is 24.6 Å². The standard InChI is InChI=1S/C49H33N5/c1-30-40(29-51)45(25-32(28-50)49(30)54-43-22-12-9-19-37(43)48-34-16-6-5-13-31(34)23-24-44(48)54)53-42-21-11-8-18-36(42)39-26-38-35-17-7-10-20-41(35)52(46(38)27-47(39)53)33-14-3-2-4-15-33/h2-6,8-16,18-27,30,40H,7,17H2,1H3/t30-,40?/m1/s1. The summed E-state index contributed by atoms with van der Waals surface area (Å²) >= 11 is 0. The lowest BCUT2D eigenvalue weighted by molar-refractivity contribution is 0.609. The summed E-state index contributed by atoms with van der Waals surface area (Å²) in [6.07, 6.45) is 8.54. The van der Waals surface area contributed by atoms with Crippen LogP contribution in [0.4, 0.5) is 0 Å². The fraction of sp³-hybridized carbons (Fsp3) is 0.102. The van der Waals surface area contributed by atoms with E-state index in [4.69, 9.17) is 0 Å². The van der Waals surface area contributed by atoms with Crippen LogP contribution in [0, 0.1) is 34.5 Å². The zero-order valence-corrected chi connectivity index (χ0v) is 29.7. The third kappa shape index (κ3) is 4.07. The average Bonchev–Trinajstić information content (AvgIpc) is 3.85. The van der Waals surface area contributed by atoms with E-state index >= 15 is 0 Å². The van der Waals surface area contributed by atoms with E-state index in [9.17, 15) is 10.5 Å². The van der Waals surface area contributed by atoms with E-state index in [-0.39, 0.29) is 5.92 Å². The Balaban J connectivity index is 1.23. The van der Waals surface area contributed by atoms with Crippen molar-refractivity contribution in [2.24, 2.45) is 11.8 Å².